The molecule has 4 heteroatoms. The second kappa shape index (κ2) is 8.29. The molecule has 1 atom stereocenters. The molecule has 1 aromatic carbocycles. The molecule has 1 amide bonds. The van der Waals surface area contributed by atoms with Crippen LogP contribution in [0.3, 0.4) is 0 Å². The average Bonchev–Trinajstić information content (AvgIpc) is 2.42. The number of hydrogen-bond donors (Lipinski definition) is 1. The second-order valence-corrected chi connectivity index (χ2v) is 4.46. The van der Waals surface area contributed by atoms with Crippen molar-refractivity contribution in [2.75, 3.05) is 5.32 Å². The topological polar surface area (TPSA) is 55.4 Å². The van der Waals surface area contributed by atoms with E-state index in [2.05, 4.69) is 12.2 Å². The molecule has 1 rings (SSSR count). The third-order valence-corrected chi connectivity index (χ3v) is 3.03. The van der Waals surface area contributed by atoms with Crippen LogP contribution in [0.1, 0.15) is 39.5 Å². The van der Waals surface area contributed by atoms with Crippen LogP contribution in [0.15, 0.2) is 24.3 Å². The number of unbranched alkanes of at least 4 members (excludes halogenated alkanes) is 1. The third kappa shape index (κ3) is 5.12. The lowest BCUT2D eigenvalue weighted by Crippen LogP contribution is -2.19. The molecular formula is C15H21NO3. The van der Waals surface area contributed by atoms with Gasteiger partial charge < -0.3 is 10.1 Å². The Kier molecular flexibility index (Phi) is 6.64. The molecule has 0 fully saturated rings. The fraction of sp³-hybridized carbons (Fsp3) is 0.467. The summed E-state index contributed by atoms with van der Waals surface area (Å²) in [6, 6.07) is 6.75. The van der Waals surface area contributed by atoms with Crippen LogP contribution in [0.4, 0.5) is 5.69 Å². The Hall–Kier alpha value is -1.84. The molecule has 0 aliphatic rings. The molecule has 4 nitrogen and oxygen atoms in total. The lowest BCUT2D eigenvalue weighted by molar-refractivity contribution is -0.139. The Labute approximate surface area is 114 Å². The molecule has 1 N–H and O–H groups in total. The van der Waals surface area contributed by atoms with Crippen molar-refractivity contribution in [1.82, 2.24) is 0 Å². The molecular weight excluding hydrogens is 242 g/mol. The Morgan fingerprint density at radius 1 is 1.32 bits per heavy atom. The highest BCUT2D eigenvalue weighted by Crippen LogP contribution is 2.19. The van der Waals surface area contributed by atoms with Crippen molar-refractivity contribution in [2.45, 2.75) is 39.5 Å². The van der Waals surface area contributed by atoms with E-state index < -0.39 is 0 Å². The van der Waals surface area contributed by atoms with Crippen molar-refractivity contribution < 1.29 is 14.3 Å². The summed E-state index contributed by atoms with van der Waals surface area (Å²) >= 11 is 0. The van der Waals surface area contributed by atoms with Crippen molar-refractivity contribution in [3.05, 3.63) is 24.3 Å². The van der Waals surface area contributed by atoms with Gasteiger partial charge in [-0.2, -0.15) is 0 Å². The first-order valence-electron chi connectivity index (χ1n) is 6.73. The van der Waals surface area contributed by atoms with Gasteiger partial charge in [0.2, 0.25) is 6.41 Å². The Balaban J connectivity index is 2.56. The summed E-state index contributed by atoms with van der Waals surface area (Å²) in [4.78, 5) is 22.2. The summed E-state index contributed by atoms with van der Waals surface area (Å²) in [7, 11) is 0. The van der Waals surface area contributed by atoms with Crippen LogP contribution in [0.2, 0.25) is 0 Å². The first-order chi connectivity index (χ1) is 9.21. The molecule has 1 aromatic rings. The average molecular weight is 263 g/mol. The number of hydrogen-bond acceptors (Lipinski definition) is 3. The fourth-order valence-corrected chi connectivity index (χ4v) is 1.83. The van der Waals surface area contributed by atoms with E-state index in [4.69, 9.17) is 4.74 Å². The number of rotatable bonds is 8. The predicted octanol–water partition coefficient (Wildman–Crippen LogP) is 3.38. The number of nitrogens with one attached hydrogen (secondary N) is 1. The zero-order valence-electron chi connectivity index (χ0n) is 11.5. The quantitative estimate of drug-likeness (QED) is 0.444. The molecule has 104 valence electrons. The highest BCUT2D eigenvalue weighted by atomic mass is 16.5. The molecule has 0 saturated carbocycles. The molecule has 0 spiro atoms. The Morgan fingerprint density at radius 3 is 2.53 bits per heavy atom. The van der Waals surface area contributed by atoms with Crippen LogP contribution < -0.4 is 10.1 Å². The summed E-state index contributed by atoms with van der Waals surface area (Å²) in [5.41, 5.74) is 0.674. The second-order valence-electron chi connectivity index (χ2n) is 4.46. The first kappa shape index (κ1) is 15.2. The van der Waals surface area contributed by atoms with E-state index in [1.807, 2.05) is 6.92 Å². The van der Waals surface area contributed by atoms with Gasteiger partial charge in [-0.05, 0) is 37.1 Å². The van der Waals surface area contributed by atoms with E-state index >= 15 is 0 Å². The minimum absolute atomic E-state index is 0.0345. The largest absolute Gasteiger partial charge is 0.426 e. The molecule has 1 unspecified atom stereocenters. The van der Waals surface area contributed by atoms with E-state index in [0.717, 1.165) is 25.7 Å². The minimum Gasteiger partial charge on any atom is -0.426 e. The van der Waals surface area contributed by atoms with Gasteiger partial charge in [0.1, 0.15) is 5.75 Å². The van der Waals surface area contributed by atoms with Gasteiger partial charge in [-0.3, -0.25) is 9.59 Å². The fourth-order valence-electron chi connectivity index (χ4n) is 1.83. The van der Waals surface area contributed by atoms with Crippen molar-refractivity contribution in [2.24, 2.45) is 5.92 Å². The maximum absolute atomic E-state index is 12.0. The summed E-state index contributed by atoms with van der Waals surface area (Å²) in [5.74, 6) is 0.302. The smallest absolute Gasteiger partial charge is 0.314 e. The Morgan fingerprint density at radius 2 is 2.00 bits per heavy atom. The van der Waals surface area contributed by atoms with Crippen LogP contribution in [-0.4, -0.2) is 12.4 Å². The number of ether oxygens (including phenoxy) is 1. The number of anilines is 1. The van der Waals surface area contributed by atoms with Gasteiger partial charge in [-0.1, -0.05) is 26.7 Å². The molecule has 0 bridgehead atoms. The third-order valence-electron chi connectivity index (χ3n) is 3.03. The number of carbonyl (C=O) groups excluding carboxylic acids is 2. The highest BCUT2D eigenvalue weighted by molar-refractivity contribution is 5.76. The standard InChI is InChI=1S/C15H21NO3/c1-3-5-6-12(4-2)15(18)19-14-9-7-13(8-10-14)16-11-17/h7-12H,3-6H2,1-2H3,(H,16,17). The predicted molar refractivity (Wildman–Crippen MR) is 75.1 cm³/mol. The minimum atomic E-state index is -0.174. The van der Waals surface area contributed by atoms with Crippen LogP contribution in [0, 0.1) is 5.92 Å². The van der Waals surface area contributed by atoms with Crippen molar-refractivity contribution in [1.29, 1.82) is 0 Å². The van der Waals surface area contributed by atoms with E-state index in [-0.39, 0.29) is 11.9 Å². The van der Waals surface area contributed by atoms with Crippen LogP contribution >= 0.6 is 0 Å². The van der Waals surface area contributed by atoms with E-state index in [9.17, 15) is 9.59 Å². The van der Waals surface area contributed by atoms with Crippen LogP contribution in [0.5, 0.6) is 5.75 Å². The molecule has 0 aromatic heterocycles. The van der Waals surface area contributed by atoms with Crippen LogP contribution in [-0.2, 0) is 9.59 Å². The normalized spacial score (nSPS) is 11.7. The molecule has 0 saturated heterocycles. The van der Waals surface area contributed by atoms with Gasteiger partial charge in [-0.15, -0.1) is 0 Å². The lowest BCUT2D eigenvalue weighted by atomic mass is 10.00. The zero-order chi connectivity index (χ0) is 14.1. The monoisotopic (exact) mass is 263 g/mol. The first-order valence-corrected chi connectivity index (χ1v) is 6.73. The van der Waals surface area contributed by atoms with Gasteiger partial charge in [0.25, 0.3) is 0 Å². The van der Waals surface area contributed by atoms with Crippen molar-refractivity contribution >= 4 is 18.1 Å². The summed E-state index contributed by atoms with van der Waals surface area (Å²) in [6.07, 6.45) is 4.39. The van der Waals surface area contributed by atoms with Gasteiger partial charge in [-0.25, -0.2) is 0 Å². The highest BCUT2D eigenvalue weighted by Gasteiger charge is 2.17. The summed E-state index contributed by atoms with van der Waals surface area (Å²) in [5, 5.41) is 2.53. The van der Waals surface area contributed by atoms with Crippen LogP contribution in [0.25, 0.3) is 0 Å². The molecule has 19 heavy (non-hydrogen) atoms. The molecule has 0 aliphatic carbocycles. The maximum Gasteiger partial charge on any atom is 0.314 e. The summed E-state index contributed by atoms with van der Waals surface area (Å²) < 4.78 is 5.34. The van der Waals surface area contributed by atoms with E-state index in [1.165, 1.54) is 0 Å². The van der Waals surface area contributed by atoms with E-state index in [1.54, 1.807) is 24.3 Å². The molecule has 0 aliphatic heterocycles. The van der Waals surface area contributed by atoms with E-state index in [0.29, 0.717) is 17.8 Å². The molecule has 0 radical (unpaired) electrons. The molecule has 0 heterocycles. The number of amides is 1. The van der Waals surface area contributed by atoms with Crippen molar-refractivity contribution in [3.8, 4) is 5.75 Å². The van der Waals surface area contributed by atoms with Gasteiger partial charge >= 0.3 is 5.97 Å². The Bertz CT molecular complexity index is 400. The van der Waals surface area contributed by atoms with Crippen molar-refractivity contribution in [3.63, 3.8) is 0 Å². The summed E-state index contributed by atoms with van der Waals surface area (Å²) in [6.45, 7) is 4.11. The van der Waals surface area contributed by atoms with Gasteiger partial charge in [0.15, 0.2) is 0 Å². The SMILES string of the molecule is CCCCC(CC)C(=O)Oc1ccc(NC=O)cc1. The maximum atomic E-state index is 12.0. The number of esters is 1. The lowest BCUT2D eigenvalue weighted by Gasteiger charge is -2.13. The zero-order valence-corrected chi connectivity index (χ0v) is 11.5. The van der Waals surface area contributed by atoms with Gasteiger partial charge in [0, 0.05) is 5.69 Å². The number of carbonyl (C=O) groups is 2. The van der Waals surface area contributed by atoms with Gasteiger partial charge in [0.05, 0.1) is 5.92 Å². The number of benzene rings is 1.